The molecule has 2 aliphatic rings. The lowest BCUT2D eigenvalue weighted by Gasteiger charge is -2.34. The molecule has 6 nitrogen and oxygen atoms in total. The van der Waals surface area contributed by atoms with E-state index in [1.165, 1.54) is 12.8 Å². The van der Waals surface area contributed by atoms with E-state index in [2.05, 4.69) is 39.8 Å². The Morgan fingerprint density at radius 1 is 1.48 bits per heavy atom. The summed E-state index contributed by atoms with van der Waals surface area (Å²) < 4.78 is 30.9. The summed E-state index contributed by atoms with van der Waals surface area (Å²) in [6.07, 6.45) is 3.44. The number of anilines is 1. The highest BCUT2D eigenvalue weighted by atomic mass is 32.2. The maximum atomic E-state index is 12.7. The van der Waals surface area contributed by atoms with Crippen molar-refractivity contribution in [2.24, 2.45) is 0 Å². The molecule has 158 valence electrons. The van der Waals surface area contributed by atoms with Gasteiger partial charge >= 0.3 is 0 Å². The molecule has 3 heterocycles. The second-order valence-corrected chi connectivity index (χ2v) is 9.91. The first-order chi connectivity index (χ1) is 13.8. The number of nitrogens with zero attached hydrogens (tertiary/aromatic N) is 3. The predicted molar refractivity (Wildman–Crippen MR) is 117 cm³/mol. The van der Waals surface area contributed by atoms with Crippen molar-refractivity contribution in [3.63, 3.8) is 0 Å². The number of rotatable bonds is 7. The first-order valence-electron chi connectivity index (χ1n) is 9.76. The van der Waals surface area contributed by atoms with E-state index in [0.29, 0.717) is 11.9 Å². The molecular formula is C19H26F2N6S2. The van der Waals surface area contributed by atoms with E-state index in [1.54, 1.807) is 11.9 Å². The van der Waals surface area contributed by atoms with Crippen molar-refractivity contribution in [2.45, 2.75) is 55.3 Å². The lowest BCUT2D eigenvalue weighted by molar-refractivity contribution is 0.228. The Balaban J connectivity index is 1.65. The van der Waals surface area contributed by atoms with Gasteiger partial charge in [-0.15, -0.1) is 0 Å². The fourth-order valence-electron chi connectivity index (χ4n) is 3.35. The number of aromatic nitrogens is 2. The second-order valence-electron chi connectivity index (χ2n) is 8.01. The minimum atomic E-state index is -2.74. The van der Waals surface area contributed by atoms with Crippen molar-refractivity contribution in [2.75, 3.05) is 24.5 Å². The molecule has 1 saturated carbocycles. The molecule has 1 unspecified atom stereocenters. The molecule has 0 spiro atoms. The van der Waals surface area contributed by atoms with E-state index in [4.69, 9.17) is 5.41 Å². The number of halogens is 2. The normalized spacial score (nSPS) is 21.1. The summed E-state index contributed by atoms with van der Waals surface area (Å²) in [6, 6.07) is 2.59. The van der Waals surface area contributed by atoms with Gasteiger partial charge in [-0.05, 0) is 44.7 Å². The maximum Gasteiger partial charge on any atom is 0.285 e. The van der Waals surface area contributed by atoms with Crippen LogP contribution in [0.5, 0.6) is 0 Å². The summed E-state index contributed by atoms with van der Waals surface area (Å²) in [4.78, 5) is 7.92. The van der Waals surface area contributed by atoms with Crippen LogP contribution in [-0.4, -0.2) is 52.1 Å². The molecule has 0 radical (unpaired) electrons. The van der Waals surface area contributed by atoms with Gasteiger partial charge < -0.3 is 10.2 Å². The smallest absolute Gasteiger partial charge is 0.285 e. The van der Waals surface area contributed by atoms with Gasteiger partial charge in [0, 0.05) is 42.3 Å². The molecule has 2 aromatic rings. The number of fused-ring (bicyclic) bond motifs is 1. The van der Waals surface area contributed by atoms with E-state index in [-0.39, 0.29) is 11.3 Å². The summed E-state index contributed by atoms with van der Waals surface area (Å²) in [5.41, 5.74) is 2.28. The van der Waals surface area contributed by atoms with Gasteiger partial charge in [0.25, 0.3) is 6.43 Å². The summed E-state index contributed by atoms with van der Waals surface area (Å²) in [5, 5.41) is 10.3. The van der Waals surface area contributed by atoms with E-state index in [9.17, 15) is 8.78 Å². The third-order valence-electron chi connectivity index (χ3n) is 5.35. The molecule has 10 heteroatoms. The van der Waals surface area contributed by atoms with Gasteiger partial charge in [0.1, 0.15) is 10.9 Å². The summed E-state index contributed by atoms with van der Waals surface area (Å²) in [5.74, 6) is 0.925. The minimum Gasteiger partial charge on any atom is -0.367 e. The van der Waals surface area contributed by atoms with Gasteiger partial charge in [0.15, 0.2) is 0 Å². The lowest BCUT2D eigenvalue weighted by atomic mass is 10.2. The quantitative estimate of drug-likeness (QED) is 0.346. The van der Waals surface area contributed by atoms with Crippen LogP contribution in [0.2, 0.25) is 0 Å². The third kappa shape index (κ3) is 4.87. The van der Waals surface area contributed by atoms with Crippen molar-refractivity contribution < 1.29 is 8.78 Å². The van der Waals surface area contributed by atoms with Crippen molar-refractivity contribution in [1.29, 1.82) is 5.41 Å². The zero-order chi connectivity index (χ0) is 20.6. The Labute approximate surface area is 177 Å². The Morgan fingerprint density at radius 2 is 2.28 bits per heavy atom. The molecule has 2 fully saturated rings. The number of hydrogen-bond donors (Lipinski definition) is 3. The van der Waals surface area contributed by atoms with Crippen LogP contribution in [0.4, 0.5) is 14.5 Å². The van der Waals surface area contributed by atoms with E-state index >= 15 is 0 Å². The summed E-state index contributed by atoms with van der Waals surface area (Å²) in [6.45, 7) is 7.12. The van der Waals surface area contributed by atoms with Crippen LogP contribution < -0.4 is 14.9 Å². The van der Waals surface area contributed by atoms with Crippen LogP contribution in [0, 0.1) is 5.41 Å². The molecular weight excluding hydrogens is 414 g/mol. The van der Waals surface area contributed by atoms with Crippen LogP contribution in [0.3, 0.4) is 0 Å². The van der Waals surface area contributed by atoms with Crippen molar-refractivity contribution in [3.05, 3.63) is 24.3 Å². The Kier molecular flexibility index (Phi) is 6.06. The number of piperazine rings is 1. The van der Waals surface area contributed by atoms with Crippen molar-refractivity contribution in [1.82, 2.24) is 19.4 Å². The Hall–Kier alpha value is -1.36. The largest absolute Gasteiger partial charge is 0.367 e. The van der Waals surface area contributed by atoms with Crippen LogP contribution in [-0.2, 0) is 5.75 Å². The molecule has 0 bridgehead atoms. The van der Waals surface area contributed by atoms with Crippen molar-refractivity contribution >= 4 is 40.0 Å². The third-order valence-corrected chi connectivity index (χ3v) is 7.30. The molecule has 0 amide bonds. The van der Waals surface area contributed by atoms with Crippen LogP contribution >= 0.6 is 23.7 Å². The van der Waals surface area contributed by atoms with E-state index < -0.39 is 11.5 Å². The standard InChI is InChI=1S/C19H26F2N6S2/c1-12-9-26(6-5-23-12)14-7-13(29-25-19(2)3-4-19)10-27-15(14)8-24-16(27)11-28-18(22)17(20)21/h7-8,10,12,17,22-23,25H,3-6,9,11H2,1-2H3. The molecule has 1 atom stereocenters. The number of thioether (sulfide) groups is 1. The highest BCUT2D eigenvalue weighted by Crippen LogP contribution is 2.38. The minimum absolute atomic E-state index is 0.198. The number of nitrogens with one attached hydrogen (secondary N) is 3. The fraction of sp³-hybridized carbons (Fsp3) is 0.579. The lowest BCUT2D eigenvalue weighted by Crippen LogP contribution is -2.49. The SMILES string of the molecule is CC1CN(c2cc(SNC3(C)CC3)cn3c(CSC(=N)C(F)F)ncc23)CCN1. The summed E-state index contributed by atoms with van der Waals surface area (Å²) >= 11 is 2.45. The maximum absolute atomic E-state index is 12.7. The monoisotopic (exact) mass is 440 g/mol. The Morgan fingerprint density at radius 3 is 2.97 bits per heavy atom. The second kappa shape index (κ2) is 8.41. The van der Waals surface area contributed by atoms with E-state index in [1.807, 2.05) is 16.8 Å². The van der Waals surface area contributed by atoms with Gasteiger partial charge in [-0.25, -0.2) is 13.8 Å². The highest BCUT2D eigenvalue weighted by molar-refractivity contribution is 8.13. The van der Waals surface area contributed by atoms with Crippen LogP contribution in [0.15, 0.2) is 23.4 Å². The zero-order valence-corrected chi connectivity index (χ0v) is 18.2. The van der Waals surface area contributed by atoms with Gasteiger partial charge in [0.2, 0.25) is 0 Å². The van der Waals surface area contributed by atoms with Gasteiger partial charge in [-0.1, -0.05) is 11.8 Å². The zero-order valence-electron chi connectivity index (χ0n) is 16.5. The van der Waals surface area contributed by atoms with Gasteiger partial charge in [-0.3, -0.25) is 14.5 Å². The number of alkyl halides is 2. The van der Waals surface area contributed by atoms with E-state index in [0.717, 1.165) is 47.5 Å². The predicted octanol–water partition coefficient (Wildman–Crippen LogP) is 3.76. The fourth-order valence-corrected chi connectivity index (χ4v) is 4.87. The first-order valence-corrected chi connectivity index (χ1v) is 11.6. The molecule has 2 aromatic heterocycles. The van der Waals surface area contributed by atoms with Crippen LogP contribution in [0.1, 0.15) is 32.5 Å². The molecule has 4 rings (SSSR count). The number of imidazole rings is 1. The average Bonchev–Trinajstić information content (AvgIpc) is 3.30. The Bertz CT molecular complexity index is 898. The molecule has 1 saturated heterocycles. The molecule has 29 heavy (non-hydrogen) atoms. The summed E-state index contributed by atoms with van der Waals surface area (Å²) in [7, 11) is 0. The number of pyridine rings is 1. The molecule has 3 N–H and O–H groups in total. The topological polar surface area (TPSA) is 68.5 Å². The van der Waals surface area contributed by atoms with Gasteiger partial charge in [0.05, 0.1) is 23.2 Å². The van der Waals surface area contributed by atoms with Gasteiger partial charge in [-0.2, -0.15) is 0 Å². The molecule has 0 aromatic carbocycles. The molecule has 1 aliphatic heterocycles. The first kappa shape index (κ1) is 20.9. The van der Waals surface area contributed by atoms with Crippen molar-refractivity contribution in [3.8, 4) is 0 Å². The molecule has 1 aliphatic carbocycles. The van der Waals surface area contributed by atoms with Crippen LogP contribution in [0.25, 0.3) is 5.52 Å². The average molecular weight is 441 g/mol. The highest BCUT2D eigenvalue weighted by Gasteiger charge is 2.37. The number of hydrogen-bond acceptors (Lipinski definition) is 7.